The van der Waals surface area contributed by atoms with Crippen molar-refractivity contribution < 1.29 is 4.79 Å². The lowest BCUT2D eigenvalue weighted by molar-refractivity contribution is 0.102. The second kappa shape index (κ2) is 7.27. The zero-order chi connectivity index (χ0) is 16.1. The summed E-state index contributed by atoms with van der Waals surface area (Å²) in [5, 5.41) is 6.43. The molecule has 1 saturated carbocycles. The predicted octanol–water partition coefficient (Wildman–Crippen LogP) is 4.39. The molecule has 0 radical (unpaired) electrons. The van der Waals surface area contributed by atoms with Crippen LogP contribution in [0.1, 0.15) is 48.2 Å². The van der Waals surface area contributed by atoms with Gasteiger partial charge in [0.05, 0.1) is 0 Å². The second-order valence-electron chi connectivity index (χ2n) is 6.23. The van der Waals surface area contributed by atoms with Crippen LogP contribution >= 0.6 is 0 Å². The number of pyridine rings is 1. The zero-order valence-corrected chi connectivity index (χ0v) is 13.5. The molecule has 4 nitrogen and oxygen atoms in total. The van der Waals surface area contributed by atoms with Crippen molar-refractivity contribution in [2.45, 2.75) is 45.1 Å². The van der Waals surface area contributed by atoms with Crippen molar-refractivity contribution in [3.05, 3.63) is 53.9 Å². The molecule has 0 spiro atoms. The van der Waals surface area contributed by atoms with Gasteiger partial charge in [0.15, 0.2) is 0 Å². The van der Waals surface area contributed by atoms with Crippen molar-refractivity contribution in [3.63, 3.8) is 0 Å². The number of amides is 1. The third-order valence-electron chi connectivity index (χ3n) is 4.24. The quantitative estimate of drug-likeness (QED) is 0.881. The highest BCUT2D eigenvalue weighted by Crippen LogP contribution is 2.22. The fraction of sp³-hybridized carbons (Fsp3) is 0.368. The maximum Gasteiger partial charge on any atom is 0.274 e. The van der Waals surface area contributed by atoms with Crippen molar-refractivity contribution in [2.75, 3.05) is 10.6 Å². The Bertz CT molecular complexity index is 678. The normalized spacial score (nSPS) is 15.2. The largest absolute Gasteiger partial charge is 0.382 e. The van der Waals surface area contributed by atoms with Crippen LogP contribution in [0.5, 0.6) is 0 Å². The number of anilines is 2. The van der Waals surface area contributed by atoms with Crippen LogP contribution in [0.3, 0.4) is 0 Å². The predicted molar refractivity (Wildman–Crippen MR) is 93.9 cm³/mol. The molecule has 1 heterocycles. The molecule has 0 saturated heterocycles. The fourth-order valence-electron chi connectivity index (χ4n) is 3.05. The molecule has 0 unspecified atom stereocenters. The minimum absolute atomic E-state index is 0.178. The summed E-state index contributed by atoms with van der Waals surface area (Å²) in [4.78, 5) is 16.6. The van der Waals surface area contributed by atoms with Gasteiger partial charge < -0.3 is 10.6 Å². The van der Waals surface area contributed by atoms with Crippen LogP contribution in [0.4, 0.5) is 11.4 Å². The first-order chi connectivity index (χ1) is 11.2. The minimum atomic E-state index is -0.178. The topological polar surface area (TPSA) is 54.0 Å². The van der Waals surface area contributed by atoms with Crippen molar-refractivity contribution >= 4 is 17.3 Å². The summed E-state index contributed by atoms with van der Waals surface area (Å²) in [5.41, 5.74) is 3.32. The number of benzene rings is 1. The molecule has 1 fully saturated rings. The van der Waals surface area contributed by atoms with Crippen LogP contribution in [0.2, 0.25) is 0 Å². The Labute approximate surface area is 137 Å². The van der Waals surface area contributed by atoms with Gasteiger partial charge in [-0.2, -0.15) is 0 Å². The number of nitrogens with zero attached hydrogens (tertiary/aromatic N) is 1. The van der Waals surface area contributed by atoms with E-state index in [1.54, 1.807) is 6.20 Å². The lowest BCUT2D eigenvalue weighted by Gasteiger charge is -2.23. The Morgan fingerprint density at radius 2 is 1.91 bits per heavy atom. The molecule has 1 aromatic heterocycles. The third-order valence-corrected chi connectivity index (χ3v) is 4.24. The first-order valence-electron chi connectivity index (χ1n) is 8.31. The van der Waals surface area contributed by atoms with Gasteiger partial charge in [0.1, 0.15) is 5.69 Å². The van der Waals surface area contributed by atoms with E-state index in [1.807, 2.05) is 43.3 Å². The molecule has 120 valence electrons. The van der Waals surface area contributed by atoms with Gasteiger partial charge in [-0.3, -0.25) is 9.78 Å². The van der Waals surface area contributed by atoms with Crippen molar-refractivity contribution in [1.82, 2.24) is 4.98 Å². The summed E-state index contributed by atoms with van der Waals surface area (Å²) in [5.74, 6) is -0.178. The van der Waals surface area contributed by atoms with Gasteiger partial charge in [-0.25, -0.2) is 0 Å². The third kappa shape index (κ3) is 4.31. The smallest absolute Gasteiger partial charge is 0.274 e. The summed E-state index contributed by atoms with van der Waals surface area (Å²) >= 11 is 0. The minimum Gasteiger partial charge on any atom is -0.382 e. The van der Waals surface area contributed by atoms with E-state index in [2.05, 4.69) is 15.6 Å². The standard InChI is InChI=1S/C19H23N3O/c1-14-6-5-9-16(12-14)22-19(23)18-13-17(10-11-20-18)21-15-7-3-2-4-8-15/h5-6,9-13,15H,2-4,7-8H2,1H3,(H,20,21)(H,22,23). The molecule has 4 heteroatoms. The number of aromatic nitrogens is 1. The summed E-state index contributed by atoms with van der Waals surface area (Å²) in [6.45, 7) is 2.00. The first-order valence-corrected chi connectivity index (χ1v) is 8.31. The second-order valence-corrected chi connectivity index (χ2v) is 6.23. The fourth-order valence-corrected chi connectivity index (χ4v) is 3.05. The summed E-state index contributed by atoms with van der Waals surface area (Å²) < 4.78 is 0. The molecule has 23 heavy (non-hydrogen) atoms. The van der Waals surface area contributed by atoms with E-state index in [0.717, 1.165) is 16.9 Å². The Morgan fingerprint density at radius 3 is 2.70 bits per heavy atom. The summed E-state index contributed by atoms with van der Waals surface area (Å²) in [7, 11) is 0. The van der Waals surface area contributed by atoms with E-state index in [0.29, 0.717) is 11.7 Å². The average Bonchev–Trinajstić information content (AvgIpc) is 2.56. The molecule has 0 aliphatic heterocycles. The maximum atomic E-state index is 12.4. The van der Waals surface area contributed by atoms with Crippen molar-refractivity contribution in [1.29, 1.82) is 0 Å². The van der Waals surface area contributed by atoms with E-state index >= 15 is 0 Å². The Kier molecular flexibility index (Phi) is 4.91. The molecule has 1 aromatic carbocycles. The van der Waals surface area contributed by atoms with Crippen LogP contribution in [-0.4, -0.2) is 16.9 Å². The van der Waals surface area contributed by atoms with Crippen LogP contribution in [0, 0.1) is 6.92 Å². The van der Waals surface area contributed by atoms with Gasteiger partial charge in [-0.1, -0.05) is 31.4 Å². The number of carbonyl (C=O) groups is 1. The lowest BCUT2D eigenvalue weighted by Crippen LogP contribution is -2.22. The summed E-state index contributed by atoms with van der Waals surface area (Å²) in [6, 6.07) is 12.0. The van der Waals surface area contributed by atoms with E-state index < -0.39 is 0 Å². The van der Waals surface area contributed by atoms with Crippen LogP contribution < -0.4 is 10.6 Å². The number of aryl methyl sites for hydroxylation is 1. The molecule has 2 N–H and O–H groups in total. The lowest BCUT2D eigenvalue weighted by atomic mass is 9.95. The molecule has 2 aromatic rings. The number of hydrogen-bond acceptors (Lipinski definition) is 3. The monoisotopic (exact) mass is 309 g/mol. The molecule has 1 aliphatic carbocycles. The van der Waals surface area contributed by atoms with Gasteiger partial charge in [-0.15, -0.1) is 0 Å². The molecule has 1 amide bonds. The van der Waals surface area contributed by atoms with E-state index in [-0.39, 0.29) is 5.91 Å². The average molecular weight is 309 g/mol. The molecular weight excluding hydrogens is 286 g/mol. The SMILES string of the molecule is Cc1cccc(NC(=O)c2cc(NC3CCCCC3)ccn2)c1. The molecule has 3 rings (SSSR count). The Morgan fingerprint density at radius 1 is 1.09 bits per heavy atom. The number of carbonyl (C=O) groups excluding carboxylic acids is 1. The zero-order valence-electron chi connectivity index (χ0n) is 13.5. The molecule has 0 bridgehead atoms. The van der Waals surface area contributed by atoms with Crippen molar-refractivity contribution in [3.8, 4) is 0 Å². The highest BCUT2D eigenvalue weighted by atomic mass is 16.1. The van der Waals surface area contributed by atoms with Gasteiger partial charge in [0, 0.05) is 23.6 Å². The van der Waals surface area contributed by atoms with Crippen LogP contribution in [0.25, 0.3) is 0 Å². The molecular formula is C19H23N3O. The highest BCUT2D eigenvalue weighted by molar-refractivity contribution is 6.03. The number of rotatable bonds is 4. The van der Waals surface area contributed by atoms with Gasteiger partial charge in [-0.05, 0) is 49.6 Å². The summed E-state index contributed by atoms with van der Waals surface area (Å²) in [6.07, 6.45) is 7.99. The van der Waals surface area contributed by atoms with E-state index in [4.69, 9.17) is 0 Å². The number of hydrogen-bond donors (Lipinski definition) is 2. The molecule has 1 aliphatic rings. The Balaban J connectivity index is 1.67. The van der Waals surface area contributed by atoms with Gasteiger partial charge in [0.25, 0.3) is 5.91 Å². The van der Waals surface area contributed by atoms with Crippen LogP contribution in [-0.2, 0) is 0 Å². The first kappa shape index (κ1) is 15.5. The highest BCUT2D eigenvalue weighted by Gasteiger charge is 2.14. The van der Waals surface area contributed by atoms with Gasteiger partial charge >= 0.3 is 0 Å². The maximum absolute atomic E-state index is 12.4. The Hall–Kier alpha value is -2.36. The van der Waals surface area contributed by atoms with Gasteiger partial charge in [0.2, 0.25) is 0 Å². The van der Waals surface area contributed by atoms with Crippen LogP contribution in [0.15, 0.2) is 42.6 Å². The van der Waals surface area contributed by atoms with E-state index in [1.165, 1.54) is 32.1 Å². The molecule has 0 atom stereocenters. The van der Waals surface area contributed by atoms with Crippen molar-refractivity contribution in [2.24, 2.45) is 0 Å². The van der Waals surface area contributed by atoms with E-state index in [9.17, 15) is 4.79 Å². The number of nitrogens with one attached hydrogen (secondary N) is 2.